The van der Waals surface area contributed by atoms with Crippen molar-refractivity contribution in [3.63, 3.8) is 0 Å². The van der Waals surface area contributed by atoms with Gasteiger partial charge in [0.1, 0.15) is 11.9 Å². The Morgan fingerprint density at radius 3 is 2.41 bits per heavy atom. The lowest BCUT2D eigenvalue weighted by Gasteiger charge is -2.42. The Morgan fingerprint density at radius 1 is 0.938 bits per heavy atom. The maximum atomic E-state index is 13.8. The van der Waals surface area contributed by atoms with Crippen molar-refractivity contribution in [1.82, 2.24) is 20.0 Å². The zero-order valence-electron chi connectivity index (χ0n) is 18.1. The van der Waals surface area contributed by atoms with Crippen LogP contribution in [0.4, 0.5) is 4.39 Å². The summed E-state index contributed by atoms with van der Waals surface area (Å²) in [5.74, 6) is 0.614. The van der Waals surface area contributed by atoms with Gasteiger partial charge in [0.05, 0.1) is 0 Å². The highest BCUT2D eigenvalue weighted by Gasteiger charge is 2.34. The van der Waals surface area contributed by atoms with Crippen LogP contribution in [0.5, 0.6) is 0 Å². The van der Waals surface area contributed by atoms with Gasteiger partial charge in [-0.1, -0.05) is 55.1 Å². The summed E-state index contributed by atoms with van der Waals surface area (Å²) in [5.41, 5.74) is 1.67. The van der Waals surface area contributed by atoms with Gasteiger partial charge in [-0.15, -0.1) is 10.2 Å². The number of halogens is 2. The quantitative estimate of drug-likeness (QED) is 0.504. The first kappa shape index (κ1) is 21.6. The van der Waals surface area contributed by atoms with E-state index < -0.39 is 0 Å². The molecule has 2 aliphatic rings. The molecule has 1 saturated heterocycles. The molecule has 1 aromatic heterocycles. The normalized spacial score (nSPS) is 19.8. The highest BCUT2D eigenvalue weighted by Crippen LogP contribution is 2.35. The minimum atomic E-state index is -0.352. The molecule has 168 valence electrons. The lowest BCUT2D eigenvalue weighted by Crippen LogP contribution is -2.51. The van der Waals surface area contributed by atoms with Gasteiger partial charge in [0.15, 0.2) is 0 Å². The zero-order chi connectivity index (χ0) is 21.9. The summed E-state index contributed by atoms with van der Waals surface area (Å²) < 4.78 is 19.9. The van der Waals surface area contributed by atoms with Crippen LogP contribution in [0.15, 0.2) is 52.9 Å². The standard InChI is InChI=1S/C25H28ClFN4O/c26-22-17-19(27)11-12-21(22)23(25-29-28-24(32-25)18-7-3-1-4-8-18)31-15-13-30(14-16-31)20-9-5-2-6-10-20/h1,3-4,7-8,11-12,17,20,23H,2,5-6,9-10,13-16H2. The van der Waals surface area contributed by atoms with Gasteiger partial charge in [-0.3, -0.25) is 9.80 Å². The van der Waals surface area contributed by atoms with Crippen molar-refractivity contribution >= 4 is 11.6 Å². The van der Waals surface area contributed by atoms with E-state index in [0.717, 1.165) is 37.3 Å². The molecule has 7 heteroatoms. The average Bonchev–Trinajstić information content (AvgIpc) is 3.32. The molecule has 0 bridgehead atoms. The van der Waals surface area contributed by atoms with Crippen LogP contribution < -0.4 is 0 Å². The minimum absolute atomic E-state index is 0.304. The first-order valence-electron chi connectivity index (χ1n) is 11.5. The summed E-state index contributed by atoms with van der Waals surface area (Å²) in [6, 6.07) is 14.7. The summed E-state index contributed by atoms with van der Waals surface area (Å²) in [5, 5.41) is 9.06. The Kier molecular flexibility index (Phi) is 6.53. The van der Waals surface area contributed by atoms with E-state index in [1.54, 1.807) is 6.07 Å². The van der Waals surface area contributed by atoms with E-state index in [1.807, 2.05) is 30.3 Å². The van der Waals surface area contributed by atoms with Crippen molar-refractivity contribution in [1.29, 1.82) is 0 Å². The van der Waals surface area contributed by atoms with Gasteiger partial charge in [-0.25, -0.2) is 4.39 Å². The zero-order valence-corrected chi connectivity index (χ0v) is 18.8. The molecule has 0 amide bonds. The highest BCUT2D eigenvalue weighted by atomic mass is 35.5. The maximum Gasteiger partial charge on any atom is 0.247 e. The molecule has 0 spiro atoms. The van der Waals surface area contributed by atoms with Gasteiger partial charge in [-0.05, 0) is 42.7 Å². The van der Waals surface area contributed by atoms with Crippen LogP contribution in [0.2, 0.25) is 5.02 Å². The molecular formula is C25H28ClFN4O. The van der Waals surface area contributed by atoms with Gasteiger partial charge in [0.2, 0.25) is 11.8 Å². The fraction of sp³-hybridized carbons (Fsp3) is 0.440. The fourth-order valence-corrected chi connectivity index (χ4v) is 5.33. The Labute approximate surface area is 193 Å². The second-order valence-electron chi connectivity index (χ2n) is 8.74. The first-order chi connectivity index (χ1) is 15.7. The fourth-order valence-electron chi connectivity index (χ4n) is 5.06. The van der Waals surface area contributed by atoms with Crippen LogP contribution in [-0.4, -0.2) is 52.2 Å². The van der Waals surface area contributed by atoms with Gasteiger partial charge in [-0.2, -0.15) is 0 Å². The smallest absolute Gasteiger partial charge is 0.247 e. The lowest BCUT2D eigenvalue weighted by atomic mass is 9.93. The largest absolute Gasteiger partial charge is 0.419 e. The van der Waals surface area contributed by atoms with Gasteiger partial charge in [0.25, 0.3) is 0 Å². The summed E-state index contributed by atoms with van der Waals surface area (Å²) in [6.07, 6.45) is 6.64. The van der Waals surface area contributed by atoms with E-state index in [9.17, 15) is 4.39 Å². The molecule has 0 radical (unpaired) electrons. The van der Waals surface area contributed by atoms with Crippen LogP contribution in [0.25, 0.3) is 11.5 Å². The molecule has 1 saturated carbocycles. The molecule has 2 heterocycles. The first-order valence-corrected chi connectivity index (χ1v) is 11.9. The summed E-state index contributed by atoms with van der Waals surface area (Å²) in [7, 11) is 0. The predicted molar refractivity (Wildman–Crippen MR) is 123 cm³/mol. The van der Waals surface area contributed by atoms with E-state index in [2.05, 4.69) is 20.0 Å². The average molecular weight is 455 g/mol. The molecule has 1 atom stereocenters. The maximum absolute atomic E-state index is 13.8. The minimum Gasteiger partial charge on any atom is -0.419 e. The number of rotatable bonds is 5. The Bertz CT molecular complexity index is 1030. The van der Waals surface area contributed by atoms with Crippen molar-refractivity contribution in [3.05, 3.63) is 70.8 Å². The van der Waals surface area contributed by atoms with Gasteiger partial charge >= 0.3 is 0 Å². The molecule has 3 aromatic rings. The van der Waals surface area contributed by atoms with Crippen LogP contribution in [0.3, 0.4) is 0 Å². The van der Waals surface area contributed by atoms with E-state index in [0.29, 0.717) is 22.8 Å². The Morgan fingerprint density at radius 2 is 1.69 bits per heavy atom. The van der Waals surface area contributed by atoms with Crippen molar-refractivity contribution < 1.29 is 8.81 Å². The van der Waals surface area contributed by atoms with Crippen LogP contribution in [0, 0.1) is 5.82 Å². The Balaban J connectivity index is 1.42. The summed E-state index contributed by atoms with van der Waals surface area (Å²) in [6.45, 7) is 3.75. The van der Waals surface area contributed by atoms with Crippen LogP contribution >= 0.6 is 11.6 Å². The van der Waals surface area contributed by atoms with Gasteiger partial charge < -0.3 is 4.42 Å². The number of benzene rings is 2. The van der Waals surface area contributed by atoms with Crippen molar-refractivity contribution in [2.75, 3.05) is 26.2 Å². The molecule has 1 unspecified atom stereocenters. The topological polar surface area (TPSA) is 45.4 Å². The van der Waals surface area contributed by atoms with E-state index in [4.69, 9.17) is 16.0 Å². The van der Waals surface area contributed by atoms with Gasteiger partial charge in [0, 0.05) is 42.8 Å². The molecular weight excluding hydrogens is 427 g/mol. The number of aromatic nitrogens is 2. The molecule has 1 aliphatic carbocycles. The number of hydrogen-bond donors (Lipinski definition) is 0. The molecule has 5 nitrogen and oxygen atoms in total. The second kappa shape index (κ2) is 9.69. The monoisotopic (exact) mass is 454 g/mol. The predicted octanol–water partition coefficient (Wildman–Crippen LogP) is 5.57. The van der Waals surface area contributed by atoms with E-state index in [1.165, 1.54) is 44.2 Å². The summed E-state index contributed by atoms with van der Waals surface area (Å²) in [4.78, 5) is 4.96. The third-order valence-corrected chi connectivity index (χ3v) is 7.08. The number of nitrogens with zero attached hydrogens (tertiary/aromatic N) is 4. The van der Waals surface area contributed by atoms with Crippen molar-refractivity contribution in [2.24, 2.45) is 0 Å². The molecule has 32 heavy (non-hydrogen) atoms. The molecule has 2 fully saturated rings. The van der Waals surface area contributed by atoms with E-state index in [-0.39, 0.29) is 11.9 Å². The van der Waals surface area contributed by atoms with Crippen molar-refractivity contribution in [3.8, 4) is 11.5 Å². The van der Waals surface area contributed by atoms with Crippen molar-refractivity contribution in [2.45, 2.75) is 44.2 Å². The molecule has 5 rings (SSSR count). The van der Waals surface area contributed by atoms with E-state index >= 15 is 0 Å². The SMILES string of the molecule is Fc1ccc(C(c2nnc(-c3ccccc3)o2)N2CCN(C3CCCCC3)CC2)c(Cl)c1. The molecule has 2 aromatic carbocycles. The van der Waals surface area contributed by atoms with Crippen LogP contribution in [-0.2, 0) is 0 Å². The number of piperazine rings is 1. The molecule has 0 N–H and O–H groups in total. The van der Waals surface area contributed by atoms with Crippen LogP contribution in [0.1, 0.15) is 49.6 Å². The number of hydrogen-bond acceptors (Lipinski definition) is 5. The third-order valence-electron chi connectivity index (χ3n) is 6.76. The second-order valence-corrected chi connectivity index (χ2v) is 9.15. The lowest BCUT2D eigenvalue weighted by molar-refractivity contribution is 0.0591. The Hall–Kier alpha value is -2.28. The molecule has 1 aliphatic heterocycles. The highest BCUT2D eigenvalue weighted by molar-refractivity contribution is 6.31. The summed E-state index contributed by atoms with van der Waals surface area (Å²) >= 11 is 6.50. The third kappa shape index (κ3) is 4.58.